The normalized spacial score (nSPS) is 12.0. The second kappa shape index (κ2) is 7.42. The summed E-state index contributed by atoms with van der Waals surface area (Å²) in [7, 11) is 0. The Kier molecular flexibility index (Phi) is 5.57. The molecule has 0 bridgehead atoms. The van der Waals surface area contributed by atoms with E-state index in [-0.39, 0.29) is 17.7 Å². The van der Waals surface area contributed by atoms with Crippen molar-refractivity contribution < 1.29 is 9.59 Å². The zero-order valence-corrected chi connectivity index (χ0v) is 13.9. The Morgan fingerprint density at radius 3 is 2.36 bits per heavy atom. The third kappa shape index (κ3) is 4.32. The molecule has 0 saturated carbocycles. The zero-order valence-electron chi connectivity index (χ0n) is 12.3. The van der Waals surface area contributed by atoms with Crippen molar-refractivity contribution in [3.63, 3.8) is 0 Å². The van der Waals surface area contributed by atoms with Gasteiger partial charge in [0.2, 0.25) is 5.91 Å². The van der Waals surface area contributed by atoms with Crippen LogP contribution in [0.1, 0.15) is 23.5 Å². The molecule has 0 spiro atoms. The minimum Gasteiger partial charge on any atom is -0.339 e. The predicted molar refractivity (Wildman–Crippen MR) is 90.5 cm³/mol. The molecule has 2 rings (SSSR count). The van der Waals surface area contributed by atoms with E-state index in [4.69, 9.17) is 11.6 Å². The van der Waals surface area contributed by atoms with Gasteiger partial charge in [0.05, 0.1) is 4.88 Å². The van der Waals surface area contributed by atoms with Crippen LogP contribution in [-0.4, -0.2) is 17.9 Å². The molecular weight excluding hydrogens is 320 g/mol. The molecule has 1 aromatic carbocycles. The van der Waals surface area contributed by atoms with Crippen LogP contribution in [0.15, 0.2) is 41.8 Å². The quantitative estimate of drug-likeness (QED) is 0.872. The first-order valence-corrected chi connectivity index (χ1v) is 8.14. The number of carbonyl (C=O) groups is 2. The van der Waals surface area contributed by atoms with Crippen molar-refractivity contribution in [1.29, 1.82) is 0 Å². The number of halogens is 1. The van der Waals surface area contributed by atoms with E-state index in [1.807, 2.05) is 19.2 Å². The van der Waals surface area contributed by atoms with Crippen LogP contribution in [0.2, 0.25) is 5.02 Å². The molecule has 0 saturated heterocycles. The van der Waals surface area contributed by atoms with Gasteiger partial charge in [-0.3, -0.25) is 9.59 Å². The molecule has 1 heterocycles. The lowest BCUT2D eigenvalue weighted by Gasteiger charge is -2.21. The average molecular weight is 337 g/mol. The van der Waals surface area contributed by atoms with E-state index in [9.17, 15) is 9.59 Å². The number of rotatable bonds is 5. The monoisotopic (exact) mass is 336 g/mol. The third-order valence-electron chi connectivity index (χ3n) is 3.09. The molecule has 0 aliphatic heterocycles. The summed E-state index contributed by atoms with van der Waals surface area (Å²) in [5.41, 5.74) is 0.644. The number of hydrogen-bond acceptors (Lipinski definition) is 3. The highest BCUT2D eigenvalue weighted by atomic mass is 35.5. The Morgan fingerprint density at radius 1 is 1.14 bits per heavy atom. The summed E-state index contributed by atoms with van der Waals surface area (Å²) in [4.78, 5) is 25.1. The van der Waals surface area contributed by atoms with Gasteiger partial charge in [-0.2, -0.15) is 0 Å². The predicted octanol–water partition coefficient (Wildman–Crippen LogP) is 3.79. The van der Waals surface area contributed by atoms with Gasteiger partial charge in [0, 0.05) is 10.7 Å². The lowest BCUT2D eigenvalue weighted by atomic mass is 10.0. The highest BCUT2D eigenvalue weighted by Crippen LogP contribution is 2.15. The second-order valence-corrected chi connectivity index (χ2v) is 6.55. The fourth-order valence-corrected chi connectivity index (χ4v) is 2.66. The molecule has 2 N–H and O–H groups in total. The fraction of sp³-hybridized carbons (Fsp3) is 0.250. The highest BCUT2D eigenvalue weighted by molar-refractivity contribution is 7.12. The number of anilines is 1. The van der Waals surface area contributed by atoms with Gasteiger partial charge in [0.15, 0.2) is 0 Å². The van der Waals surface area contributed by atoms with Gasteiger partial charge in [0.1, 0.15) is 6.04 Å². The third-order valence-corrected chi connectivity index (χ3v) is 4.21. The fourth-order valence-electron chi connectivity index (χ4n) is 1.91. The highest BCUT2D eigenvalue weighted by Gasteiger charge is 2.25. The molecular formula is C16H17ClN2O2S. The molecule has 1 aromatic heterocycles. The van der Waals surface area contributed by atoms with Crippen molar-refractivity contribution in [3.05, 3.63) is 51.7 Å². The molecule has 22 heavy (non-hydrogen) atoms. The summed E-state index contributed by atoms with van der Waals surface area (Å²) in [6.45, 7) is 3.78. The molecule has 0 fully saturated rings. The summed E-state index contributed by atoms with van der Waals surface area (Å²) in [5.74, 6) is -0.515. The van der Waals surface area contributed by atoms with Crippen LogP contribution < -0.4 is 10.6 Å². The van der Waals surface area contributed by atoms with Gasteiger partial charge in [-0.15, -0.1) is 11.3 Å². The smallest absolute Gasteiger partial charge is 0.262 e. The van der Waals surface area contributed by atoms with E-state index in [2.05, 4.69) is 10.6 Å². The summed E-state index contributed by atoms with van der Waals surface area (Å²) in [6.07, 6.45) is 0. The van der Waals surface area contributed by atoms with Crippen molar-refractivity contribution in [2.75, 3.05) is 5.32 Å². The maximum Gasteiger partial charge on any atom is 0.262 e. The summed E-state index contributed by atoms with van der Waals surface area (Å²) >= 11 is 7.16. The number of benzene rings is 1. The Balaban J connectivity index is 2.05. The first-order chi connectivity index (χ1) is 10.5. The number of carbonyl (C=O) groups excluding carboxylic acids is 2. The molecule has 0 aliphatic rings. The second-order valence-electron chi connectivity index (χ2n) is 5.17. The van der Waals surface area contributed by atoms with Crippen molar-refractivity contribution in [1.82, 2.24) is 5.32 Å². The number of amides is 2. The Labute approximate surface area is 138 Å². The van der Waals surface area contributed by atoms with Gasteiger partial charge >= 0.3 is 0 Å². The van der Waals surface area contributed by atoms with Crippen LogP contribution in [0.3, 0.4) is 0 Å². The number of hydrogen-bond donors (Lipinski definition) is 2. The Hall–Kier alpha value is -1.85. The lowest BCUT2D eigenvalue weighted by molar-refractivity contribution is -0.118. The molecule has 116 valence electrons. The molecule has 4 nitrogen and oxygen atoms in total. The van der Waals surface area contributed by atoms with Crippen LogP contribution in [-0.2, 0) is 4.79 Å². The van der Waals surface area contributed by atoms with Crippen LogP contribution in [0.25, 0.3) is 0 Å². The molecule has 6 heteroatoms. The van der Waals surface area contributed by atoms with E-state index in [0.717, 1.165) is 0 Å². The topological polar surface area (TPSA) is 58.2 Å². The molecule has 2 aromatic rings. The molecule has 1 unspecified atom stereocenters. The largest absolute Gasteiger partial charge is 0.339 e. The number of thiophene rings is 1. The minimum absolute atomic E-state index is 0.0313. The Morgan fingerprint density at radius 2 is 1.82 bits per heavy atom. The van der Waals surface area contributed by atoms with Gasteiger partial charge in [-0.25, -0.2) is 0 Å². The van der Waals surface area contributed by atoms with E-state index >= 15 is 0 Å². The summed E-state index contributed by atoms with van der Waals surface area (Å²) in [5, 5.41) is 8.00. The van der Waals surface area contributed by atoms with Crippen molar-refractivity contribution in [2.45, 2.75) is 19.9 Å². The zero-order chi connectivity index (χ0) is 16.1. The van der Waals surface area contributed by atoms with Gasteiger partial charge < -0.3 is 10.6 Å². The van der Waals surface area contributed by atoms with Crippen molar-refractivity contribution in [2.24, 2.45) is 5.92 Å². The van der Waals surface area contributed by atoms with Crippen molar-refractivity contribution >= 4 is 40.4 Å². The van der Waals surface area contributed by atoms with E-state index in [0.29, 0.717) is 15.6 Å². The summed E-state index contributed by atoms with van der Waals surface area (Å²) in [6, 6.07) is 9.77. The van der Waals surface area contributed by atoms with Gasteiger partial charge in [-0.05, 0) is 41.6 Å². The minimum atomic E-state index is -0.606. The standard InChI is InChI=1S/C16H17ClN2O2S/c1-10(2)14(19-15(20)13-4-3-9-22-13)16(21)18-12-7-5-11(17)6-8-12/h3-10,14H,1-2H3,(H,18,21)(H,19,20). The van der Waals surface area contributed by atoms with E-state index < -0.39 is 6.04 Å². The maximum atomic E-state index is 12.4. The maximum absolute atomic E-state index is 12.4. The Bertz CT molecular complexity index is 639. The van der Waals surface area contributed by atoms with E-state index in [1.165, 1.54) is 11.3 Å². The van der Waals surface area contributed by atoms with Crippen LogP contribution >= 0.6 is 22.9 Å². The first-order valence-electron chi connectivity index (χ1n) is 6.88. The van der Waals surface area contributed by atoms with Crippen LogP contribution in [0, 0.1) is 5.92 Å². The average Bonchev–Trinajstić information content (AvgIpc) is 3.00. The summed E-state index contributed by atoms with van der Waals surface area (Å²) < 4.78 is 0. The molecule has 2 amide bonds. The van der Waals surface area contributed by atoms with Gasteiger partial charge in [-0.1, -0.05) is 31.5 Å². The molecule has 0 aliphatic carbocycles. The van der Waals surface area contributed by atoms with E-state index in [1.54, 1.807) is 36.4 Å². The number of nitrogens with one attached hydrogen (secondary N) is 2. The SMILES string of the molecule is CC(C)C(NC(=O)c1cccs1)C(=O)Nc1ccc(Cl)cc1. The van der Waals surface area contributed by atoms with Crippen molar-refractivity contribution in [3.8, 4) is 0 Å². The van der Waals surface area contributed by atoms with Crippen LogP contribution in [0.4, 0.5) is 5.69 Å². The van der Waals surface area contributed by atoms with Crippen LogP contribution in [0.5, 0.6) is 0 Å². The molecule has 0 radical (unpaired) electrons. The first kappa shape index (κ1) is 16.5. The lowest BCUT2D eigenvalue weighted by Crippen LogP contribution is -2.46. The van der Waals surface area contributed by atoms with Gasteiger partial charge in [0.25, 0.3) is 5.91 Å². The molecule has 1 atom stereocenters.